The van der Waals surface area contributed by atoms with E-state index in [0.717, 1.165) is 0 Å². The van der Waals surface area contributed by atoms with Gasteiger partial charge >= 0.3 is 0 Å². The van der Waals surface area contributed by atoms with Crippen LogP contribution in [0, 0.1) is 18.3 Å². The van der Waals surface area contributed by atoms with Gasteiger partial charge in [-0.1, -0.05) is 5.16 Å². The molecule has 0 spiro atoms. The monoisotopic (exact) mass is 363 g/mol. The number of aliphatic hydroxyl groups excluding tert-OH is 1. The molecule has 4 rings (SSSR count). The van der Waals surface area contributed by atoms with E-state index in [0.29, 0.717) is 37.4 Å². The van der Waals surface area contributed by atoms with Gasteiger partial charge in [0.1, 0.15) is 5.69 Å². The van der Waals surface area contributed by atoms with E-state index in [2.05, 4.69) is 19.3 Å². The fraction of sp³-hybridized carbons (Fsp3) is 0.533. The highest BCUT2D eigenvalue weighted by Crippen LogP contribution is 2.43. The van der Waals surface area contributed by atoms with Crippen LogP contribution in [-0.4, -0.2) is 74.2 Å². The molecule has 10 heteroatoms. The van der Waals surface area contributed by atoms with Crippen LogP contribution in [0.3, 0.4) is 0 Å². The van der Waals surface area contributed by atoms with Crippen molar-refractivity contribution in [1.82, 2.24) is 24.5 Å². The largest absolute Gasteiger partial charge is 0.396 e. The highest BCUT2D eigenvalue weighted by Gasteiger charge is 2.54. The first-order valence-electron chi connectivity index (χ1n) is 7.92. The molecule has 0 bridgehead atoms. The highest BCUT2D eigenvalue weighted by molar-refractivity contribution is 7.03. The average Bonchev–Trinajstić information content (AvgIpc) is 3.36. The standard InChI is InChI=1S/C15H17N5O4S/c1-9-12(18-24-17-9)14(23)20-4-11-3-19(6-15(11,7-20)8-21)13(22)10-2-16-25-5-10/h2,5,11,21H,3-4,6-8H2,1H3. The predicted molar refractivity (Wildman–Crippen MR) is 86.0 cm³/mol. The molecule has 4 heterocycles. The van der Waals surface area contributed by atoms with E-state index in [1.807, 2.05) is 0 Å². The van der Waals surface area contributed by atoms with E-state index in [9.17, 15) is 14.7 Å². The quantitative estimate of drug-likeness (QED) is 0.819. The Kier molecular flexibility index (Phi) is 3.80. The first-order chi connectivity index (χ1) is 12.0. The van der Waals surface area contributed by atoms with Gasteiger partial charge in [0.05, 0.1) is 18.4 Å². The lowest BCUT2D eigenvalue weighted by Crippen LogP contribution is -2.40. The molecular weight excluding hydrogens is 346 g/mol. The molecule has 0 radical (unpaired) electrons. The third-order valence-corrected chi connectivity index (χ3v) is 5.77. The minimum absolute atomic E-state index is 0.0251. The van der Waals surface area contributed by atoms with Crippen LogP contribution in [0.15, 0.2) is 16.2 Å². The number of carbonyl (C=O) groups is 2. The number of nitrogens with zero attached hydrogens (tertiary/aromatic N) is 5. The van der Waals surface area contributed by atoms with Gasteiger partial charge in [0.2, 0.25) is 0 Å². The summed E-state index contributed by atoms with van der Waals surface area (Å²) in [5.41, 5.74) is 0.710. The van der Waals surface area contributed by atoms with Crippen LogP contribution in [0.2, 0.25) is 0 Å². The van der Waals surface area contributed by atoms with Crippen LogP contribution in [-0.2, 0) is 0 Å². The average molecular weight is 363 g/mol. The van der Waals surface area contributed by atoms with Crippen LogP contribution < -0.4 is 0 Å². The van der Waals surface area contributed by atoms with E-state index in [1.54, 1.807) is 28.3 Å². The number of aromatic nitrogens is 3. The van der Waals surface area contributed by atoms with E-state index in [1.165, 1.54) is 11.5 Å². The van der Waals surface area contributed by atoms with E-state index < -0.39 is 5.41 Å². The topological polar surface area (TPSA) is 113 Å². The van der Waals surface area contributed by atoms with Crippen LogP contribution in [0.25, 0.3) is 0 Å². The molecule has 2 aliphatic heterocycles. The summed E-state index contributed by atoms with van der Waals surface area (Å²) < 4.78 is 8.57. The van der Waals surface area contributed by atoms with Gasteiger partial charge in [-0.2, -0.15) is 0 Å². The van der Waals surface area contributed by atoms with Gasteiger partial charge in [-0.3, -0.25) is 9.59 Å². The summed E-state index contributed by atoms with van der Waals surface area (Å²) in [5.74, 6) is -0.302. The van der Waals surface area contributed by atoms with Crippen molar-refractivity contribution in [3.63, 3.8) is 0 Å². The van der Waals surface area contributed by atoms with Gasteiger partial charge in [0.25, 0.3) is 11.8 Å². The summed E-state index contributed by atoms with van der Waals surface area (Å²) in [7, 11) is 0. The molecule has 2 amide bonds. The molecule has 25 heavy (non-hydrogen) atoms. The first-order valence-corrected chi connectivity index (χ1v) is 8.76. The van der Waals surface area contributed by atoms with Crippen LogP contribution >= 0.6 is 11.5 Å². The molecule has 2 atom stereocenters. The fourth-order valence-corrected chi connectivity index (χ4v) is 4.29. The summed E-state index contributed by atoms with van der Waals surface area (Å²) in [6.45, 7) is 3.36. The first kappa shape index (κ1) is 16.2. The summed E-state index contributed by atoms with van der Waals surface area (Å²) in [5, 5.41) is 19.0. The zero-order valence-corrected chi connectivity index (χ0v) is 14.4. The molecule has 0 aromatic carbocycles. The van der Waals surface area contributed by atoms with Crippen molar-refractivity contribution in [3.8, 4) is 0 Å². The summed E-state index contributed by atoms with van der Waals surface area (Å²) in [6, 6.07) is 0. The lowest BCUT2D eigenvalue weighted by molar-refractivity contribution is 0.0661. The zero-order valence-electron chi connectivity index (χ0n) is 13.6. The Labute approximate surface area is 147 Å². The Morgan fingerprint density at radius 1 is 1.32 bits per heavy atom. The number of likely N-dealkylation sites (tertiary alicyclic amines) is 2. The van der Waals surface area contributed by atoms with Crippen molar-refractivity contribution < 1.29 is 19.3 Å². The molecule has 1 N–H and O–H groups in total. The van der Waals surface area contributed by atoms with Crippen molar-refractivity contribution in [1.29, 1.82) is 0 Å². The molecule has 0 aliphatic carbocycles. The van der Waals surface area contributed by atoms with Crippen molar-refractivity contribution in [2.24, 2.45) is 11.3 Å². The van der Waals surface area contributed by atoms with Gasteiger partial charge in [-0.25, -0.2) is 9.00 Å². The molecule has 2 aliphatic rings. The number of rotatable bonds is 3. The molecule has 2 aromatic heterocycles. The summed E-state index contributed by atoms with van der Waals surface area (Å²) in [6.07, 6.45) is 1.56. The SMILES string of the molecule is Cc1nonc1C(=O)N1CC2CN(C(=O)c3cnsc3)CC2(CO)C1. The normalized spacial score (nSPS) is 25.4. The molecular formula is C15H17N5O4S. The highest BCUT2D eigenvalue weighted by atomic mass is 32.1. The Morgan fingerprint density at radius 3 is 2.56 bits per heavy atom. The van der Waals surface area contributed by atoms with Crippen LogP contribution in [0.4, 0.5) is 0 Å². The van der Waals surface area contributed by atoms with Gasteiger partial charge in [0, 0.05) is 42.9 Å². The number of aliphatic hydroxyl groups is 1. The maximum atomic E-state index is 12.6. The van der Waals surface area contributed by atoms with Gasteiger partial charge in [0.15, 0.2) is 5.69 Å². The second-order valence-corrected chi connectivity index (χ2v) is 7.36. The molecule has 0 saturated carbocycles. The Morgan fingerprint density at radius 2 is 2.04 bits per heavy atom. The third-order valence-electron chi connectivity index (χ3n) is 5.18. The Bertz CT molecular complexity index is 807. The minimum Gasteiger partial charge on any atom is -0.396 e. The molecule has 2 fully saturated rings. The molecule has 2 unspecified atom stereocenters. The van der Waals surface area contributed by atoms with Crippen molar-refractivity contribution in [2.45, 2.75) is 6.92 Å². The van der Waals surface area contributed by atoms with E-state index in [-0.39, 0.29) is 30.0 Å². The second-order valence-electron chi connectivity index (χ2n) is 6.70. The second kappa shape index (κ2) is 5.88. The molecule has 2 aromatic rings. The maximum absolute atomic E-state index is 12.6. The lowest BCUT2D eigenvalue weighted by atomic mass is 9.82. The molecule has 9 nitrogen and oxygen atoms in total. The summed E-state index contributed by atoms with van der Waals surface area (Å²) in [4.78, 5) is 28.6. The third kappa shape index (κ3) is 2.52. The number of amides is 2. The summed E-state index contributed by atoms with van der Waals surface area (Å²) >= 11 is 1.24. The van der Waals surface area contributed by atoms with Crippen LogP contribution in [0.1, 0.15) is 26.5 Å². The molecule has 132 valence electrons. The van der Waals surface area contributed by atoms with Gasteiger partial charge < -0.3 is 14.9 Å². The minimum atomic E-state index is -0.500. The van der Waals surface area contributed by atoms with Crippen molar-refractivity contribution in [2.75, 3.05) is 32.8 Å². The number of hydrogen-bond donors (Lipinski definition) is 1. The van der Waals surface area contributed by atoms with Crippen molar-refractivity contribution in [3.05, 3.63) is 28.5 Å². The maximum Gasteiger partial charge on any atom is 0.278 e. The van der Waals surface area contributed by atoms with Gasteiger partial charge in [-0.05, 0) is 23.6 Å². The Hall–Kier alpha value is -2.33. The number of hydrogen-bond acceptors (Lipinski definition) is 8. The lowest BCUT2D eigenvalue weighted by Gasteiger charge is -2.26. The van der Waals surface area contributed by atoms with E-state index >= 15 is 0 Å². The van der Waals surface area contributed by atoms with Crippen molar-refractivity contribution >= 4 is 23.3 Å². The predicted octanol–water partition coefficient (Wildman–Crippen LogP) is 0.0412. The number of aryl methyl sites for hydroxylation is 1. The smallest absolute Gasteiger partial charge is 0.278 e. The Balaban J connectivity index is 1.51. The zero-order chi connectivity index (χ0) is 17.6. The molecule has 2 saturated heterocycles. The number of fused-ring (bicyclic) bond motifs is 1. The van der Waals surface area contributed by atoms with Gasteiger partial charge in [-0.15, -0.1) is 0 Å². The fourth-order valence-electron chi connectivity index (χ4n) is 3.78. The number of carbonyl (C=O) groups excluding carboxylic acids is 2. The van der Waals surface area contributed by atoms with E-state index in [4.69, 9.17) is 0 Å². The van der Waals surface area contributed by atoms with Crippen LogP contribution in [0.5, 0.6) is 0 Å².